The molecular weight excluding hydrogens is 1330 g/mol. The van der Waals surface area contributed by atoms with E-state index in [-0.39, 0.29) is 28.1 Å². The molecule has 0 spiro atoms. The predicted octanol–water partition coefficient (Wildman–Crippen LogP) is 21.8. The van der Waals surface area contributed by atoms with Crippen molar-refractivity contribution in [3.63, 3.8) is 0 Å². The first-order valence-electron chi connectivity index (χ1n) is 26.3. The van der Waals surface area contributed by atoms with Gasteiger partial charge in [-0.3, -0.25) is 0 Å². The topological polar surface area (TPSA) is 65.0 Å². The van der Waals surface area contributed by atoms with E-state index in [1.54, 1.807) is 54.6 Å². The SMILES string of the molecule is O=C(OSc1ccc(-c2ccc(-c3ccccc3)cc2)cc1-c1ccc(Sc2ccc(-c3ccccc3)cc2)cc1)c1c(-c2c(F)c(F)c(F)c(F)c2F)c(O)c(Oc2c(F)c(F)c(F)c(F)c2F)c(Oc2c(F)c(F)c(F)c(F)c2F)c1-c1c(F)c(F)c(F)c(F)c1F. The number of aromatic hydroxyl groups is 1. The number of phenols is 1. The Labute approximate surface area is 522 Å². The second-order valence-electron chi connectivity index (χ2n) is 19.6. The van der Waals surface area contributed by atoms with Gasteiger partial charge in [-0.15, -0.1) is 0 Å². The van der Waals surface area contributed by atoms with Gasteiger partial charge in [0.1, 0.15) is 0 Å². The number of carbonyl (C=O) groups excluding carboxylic acids is 1. The molecule has 11 aromatic rings. The Morgan fingerprint density at radius 2 is 0.606 bits per heavy atom. The van der Waals surface area contributed by atoms with E-state index in [4.69, 9.17) is 8.92 Å². The van der Waals surface area contributed by atoms with Crippen LogP contribution in [-0.4, -0.2) is 11.1 Å². The molecule has 0 aliphatic heterocycles. The van der Waals surface area contributed by atoms with Gasteiger partial charge in [0.25, 0.3) is 0 Å². The Morgan fingerprint density at radius 3 is 1.01 bits per heavy atom. The largest absolute Gasteiger partial charge is 0.504 e. The van der Waals surface area contributed by atoms with Crippen molar-refractivity contribution >= 4 is 29.8 Å². The van der Waals surface area contributed by atoms with E-state index in [1.165, 1.54) is 42.1 Å². The molecule has 0 saturated carbocycles. The zero-order chi connectivity index (χ0) is 67.5. The van der Waals surface area contributed by atoms with Crippen LogP contribution in [0.25, 0.3) is 66.8 Å². The second-order valence-corrected chi connectivity index (χ2v) is 21.6. The zero-order valence-electron chi connectivity index (χ0n) is 45.9. The molecule has 94 heavy (non-hydrogen) atoms. The standard InChI is InChI=1S/C67H26F20O5S2/c68-42-40(43(69)47(73)50(76)46(42)72)37-39(38(41-44(70)48(74)51(77)49(75)45(41)71)63(90-64-58(84)54(80)52(78)55(81)59(64)85)66(62(37)88)91-65-60(86)56(82)53(79)57(83)61(65)87)67(89)92-94-36-24-19-32(30-13-11-28(12-14-30)26-7-3-1-4-8-26)25-35(36)31-17-22-34(23-18-31)93-33-20-15-29(16-21-33)27-9-5-2-6-10-27/h1-25,88H. The summed E-state index contributed by atoms with van der Waals surface area (Å²) >= 11 is 1.05. The van der Waals surface area contributed by atoms with Crippen LogP contribution in [-0.2, 0) is 4.18 Å². The van der Waals surface area contributed by atoms with E-state index < -0.39 is 179 Å². The molecule has 476 valence electrons. The summed E-state index contributed by atoms with van der Waals surface area (Å²) in [7, 11) is 0. The summed E-state index contributed by atoms with van der Waals surface area (Å²) in [4.78, 5) is 16.3. The van der Waals surface area contributed by atoms with Gasteiger partial charge in [0.2, 0.25) is 87.1 Å². The van der Waals surface area contributed by atoms with E-state index >= 15 is 66.3 Å². The number of hydrogen-bond acceptors (Lipinski definition) is 7. The van der Waals surface area contributed by atoms with Gasteiger partial charge >= 0.3 is 5.97 Å². The van der Waals surface area contributed by atoms with Gasteiger partial charge in [0.05, 0.1) is 33.6 Å². The minimum Gasteiger partial charge on any atom is -0.504 e. The average molecular weight is 1360 g/mol. The van der Waals surface area contributed by atoms with Crippen LogP contribution in [0.3, 0.4) is 0 Å². The van der Waals surface area contributed by atoms with Crippen molar-refractivity contribution in [2.45, 2.75) is 14.7 Å². The van der Waals surface area contributed by atoms with Gasteiger partial charge in [0.15, 0.2) is 58.0 Å². The Balaban J connectivity index is 1.15. The molecule has 27 heteroatoms. The highest BCUT2D eigenvalue weighted by Crippen LogP contribution is 2.59. The maximum absolute atomic E-state index is 16.7. The molecule has 11 aromatic carbocycles. The van der Waals surface area contributed by atoms with E-state index in [9.17, 15) is 31.4 Å². The van der Waals surface area contributed by atoms with Gasteiger partial charge in [-0.1, -0.05) is 127 Å². The molecule has 0 atom stereocenters. The molecule has 0 aromatic heterocycles. The number of rotatable bonds is 15. The third-order valence-corrected chi connectivity index (χ3v) is 15.9. The lowest BCUT2D eigenvalue weighted by molar-refractivity contribution is 0.0768. The summed E-state index contributed by atoms with van der Waals surface area (Å²) in [5, 5.41) is 12.1. The minimum atomic E-state index is -3.29. The van der Waals surface area contributed by atoms with E-state index in [2.05, 4.69) is 4.74 Å². The molecule has 0 unspecified atom stereocenters. The number of halogens is 20. The molecule has 1 N–H and O–H groups in total. The van der Waals surface area contributed by atoms with Crippen molar-refractivity contribution in [1.29, 1.82) is 0 Å². The van der Waals surface area contributed by atoms with E-state index in [0.717, 1.165) is 27.1 Å². The van der Waals surface area contributed by atoms with Gasteiger partial charge < -0.3 is 18.8 Å². The number of carbonyl (C=O) groups is 1. The van der Waals surface area contributed by atoms with E-state index in [1.807, 2.05) is 66.7 Å². The molecule has 0 heterocycles. The molecule has 0 aliphatic carbocycles. The van der Waals surface area contributed by atoms with Gasteiger partial charge in [-0.2, -0.15) is 17.6 Å². The zero-order valence-corrected chi connectivity index (χ0v) is 47.5. The monoisotopic (exact) mass is 1350 g/mol. The molecule has 0 saturated heterocycles. The Hall–Kier alpha value is -10.4. The number of benzene rings is 11. The lowest BCUT2D eigenvalue weighted by atomic mass is 9.88. The summed E-state index contributed by atoms with van der Waals surface area (Å²) in [5.41, 5.74) is -9.22. The molecule has 0 bridgehead atoms. The summed E-state index contributed by atoms with van der Waals surface area (Å²) in [6.45, 7) is 0. The van der Waals surface area contributed by atoms with Crippen LogP contribution in [0.4, 0.5) is 87.8 Å². The normalized spacial score (nSPS) is 11.4. The van der Waals surface area contributed by atoms with Crippen molar-refractivity contribution in [2.24, 2.45) is 0 Å². The highest BCUT2D eigenvalue weighted by molar-refractivity contribution is 7.99. The molecule has 0 fully saturated rings. The first kappa shape index (κ1) is 65.1. The lowest BCUT2D eigenvalue weighted by Gasteiger charge is -2.25. The fourth-order valence-electron chi connectivity index (χ4n) is 9.57. The second kappa shape index (κ2) is 25.9. The first-order valence-corrected chi connectivity index (χ1v) is 27.8. The highest BCUT2D eigenvalue weighted by atomic mass is 32.2. The first-order chi connectivity index (χ1) is 44.8. The quantitative estimate of drug-likeness (QED) is 0.0475. The Kier molecular flexibility index (Phi) is 18.0. The van der Waals surface area contributed by atoms with Crippen molar-refractivity contribution in [1.82, 2.24) is 0 Å². The fourth-order valence-corrected chi connectivity index (χ4v) is 11.0. The summed E-state index contributed by atoms with van der Waals surface area (Å²) in [6.07, 6.45) is 0. The number of hydrogen-bond donors (Lipinski definition) is 1. The van der Waals surface area contributed by atoms with Crippen molar-refractivity contribution in [3.8, 4) is 95.5 Å². The van der Waals surface area contributed by atoms with Gasteiger partial charge in [-0.05, 0) is 80.9 Å². The van der Waals surface area contributed by atoms with Gasteiger partial charge in [-0.25, -0.2) is 75.0 Å². The van der Waals surface area contributed by atoms with Crippen LogP contribution < -0.4 is 9.47 Å². The molecule has 0 amide bonds. The minimum absolute atomic E-state index is 0.0240. The maximum Gasteiger partial charge on any atom is 0.352 e. The third kappa shape index (κ3) is 11.6. The number of phenolic OH excluding ortho intramolecular Hbond substituents is 1. The van der Waals surface area contributed by atoms with E-state index in [0.29, 0.717) is 16.0 Å². The smallest absolute Gasteiger partial charge is 0.352 e. The Morgan fingerprint density at radius 1 is 0.298 bits per heavy atom. The lowest BCUT2D eigenvalue weighted by Crippen LogP contribution is -2.15. The van der Waals surface area contributed by atoms with Crippen molar-refractivity contribution in [3.05, 3.63) is 274 Å². The average Bonchev–Trinajstić information content (AvgIpc) is 0.715. The van der Waals surface area contributed by atoms with Crippen LogP contribution >= 0.6 is 23.8 Å². The van der Waals surface area contributed by atoms with Crippen LogP contribution in [0.15, 0.2) is 166 Å². The molecular formula is C67H26F20O5S2. The molecule has 0 aliphatic rings. The molecule has 0 radical (unpaired) electrons. The van der Waals surface area contributed by atoms with Crippen LogP contribution in [0.1, 0.15) is 10.4 Å². The summed E-state index contributed by atoms with van der Waals surface area (Å²) in [6, 6.07) is 43.0. The number of ether oxygens (including phenoxy) is 2. The van der Waals surface area contributed by atoms with Crippen molar-refractivity contribution in [2.75, 3.05) is 0 Å². The van der Waals surface area contributed by atoms with Crippen LogP contribution in [0.5, 0.6) is 28.7 Å². The predicted molar refractivity (Wildman–Crippen MR) is 301 cm³/mol. The Bertz CT molecular complexity index is 4780. The molecule has 11 rings (SSSR count). The molecule has 5 nitrogen and oxygen atoms in total. The highest BCUT2D eigenvalue weighted by Gasteiger charge is 2.43. The van der Waals surface area contributed by atoms with Crippen molar-refractivity contribution < 1.29 is 111 Å². The summed E-state index contributed by atoms with van der Waals surface area (Å²) < 4.78 is 325. The fraction of sp³-hybridized carbons (Fsp3) is 0. The van der Waals surface area contributed by atoms with Crippen LogP contribution in [0, 0.1) is 116 Å². The van der Waals surface area contributed by atoms with Crippen LogP contribution in [0.2, 0.25) is 0 Å². The van der Waals surface area contributed by atoms with Gasteiger partial charge in [0, 0.05) is 20.9 Å². The summed E-state index contributed by atoms with van der Waals surface area (Å²) in [5.74, 6) is -80.6. The maximum atomic E-state index is 16.7. The third-order valence-electron chi connectivity index (χ3n) is 14.1.